The van der Waals surface area contributed by atoms with E-state index in [0.717, 1.165) is 0 Å². The lowest BCUT2D eigenvalue weighted by atomic mass is 9.79. The number of benzene rings is 1. The quantitative estimate of drug-likeness (QED) is 0.504. The molecule has 0 fully saturated rings. The van der Waals surface area contributed by atoms with Crippen LogP contribution in [0.3, 0.4) is 0 Å². The number of methoxy groups -OCH3 is 1. The summed E-state index contributed by atoms with van der Waals surface area (Å²) in [4.78, 5) is 24.5. The van der Waals surface area contributed by atoms with E-state index in [9.17, 15) is 14.7 Å². The zero-order valence-electron chi connectivity index (χ0n) is 12.1. The minimum Gasteiger partial charge on any atom is -0.515 e. The van der Waals surface area contributed by atoms with E-state index in [1.165, 1.54) is 19.2 Å². The maximum Gasteiger partial charge on any atom is 0.315 e. The molecular formula is C15H14Cl2O5. The van der Waals surface area contributed by atoms with Gasteiger partial charge in [-0.3, -0.25) is 9.59 Å². The molecule has 1 N–H and O–H groups in total. The lowest BCUT2D eigenvalue weighted by molar-refractivity contribution is -0.155. The molecule has 118 valence electrons. The molecule has 0 saturated heterocycles. The number of aliphatic hydroxyl groups excluding tert-OH is 1. The first-order valence-electron chi connectivity index (χ1n) is 6.37. The SMILES string of the molecule is COC(=O)C(C)(C)C1Oc2c(Cl)cc(Cl)cc2C(=O)C1=CO. The second-order valence-electron chi connectivity index (χ2n) is 5.39. The van der Waals surface area contributed by atoms with Crippen LogP contribution in [0.1, 0.15) is 24.2 Å². The Kier molecular flexibility index (Phi) is 4.40. The second kappa shape index (κ2) is 5.82. The highest BCUT2D eigenvalue weighted by molar-refractivity contribution is 6.37. The van der Waals surface area contributed by atoms with Gasteiger partial charge in [-0.15, -0.1) is 0 Å². The summed E-state index contributed by atoms with van der Waals surface area (Å²) < 4.78 is 10.5. The topological polar surface area (TPSA) is 72.8 Å². The van der Waals surface area contributed by atoms with Gasteiger partial charge in [0.1, 0.15) is 17.3 Å². The molecule has 1 heterocycles. The van der Waals surface area contributed by atoms with Gasteiger partial charge in [0.2, 0.25) is 0 Å². The van der Waals surface area contributed by atoms with Crippen molar-refractivity contribution in [2.45, 2.75) is 20.0 Å². The summed E-state index contributed by atoms with van der Waals surface area (Å²) >= 11 is 12.0. The number of hydrogen-bond donors (Lipinski definition) is 1. The molecule has 5 nitrogen and oxygen atoms in total. The molecule has 1 aliphatic heterocycles. The molecule has 0 radical (unpaired) electrons. The van der Waals surface area contributed by atoms with Gasteiger partial charge >= 0.3 is 5.97 Å². The molecular weight excluding hydrogens is 331 g/mol. The molecule has 1 aromatic rings. The van der Waals surface area contributed by atoms with Gasteiger partial charge in [0.25, 0.3) is 0 Å². The lowest BCUT2D eigenvalue weighted by Crippen LogP contribution is -2.46. The largest absolute Gasteiger partial charge is 0.515 e. The average molecular weight is 345 g/mol. The van der Waals surface area contributed by atoms with Crippen molar-refractivity contribution >= 4 is 35.0 Å². The minimum atomic E-state index is -1.21. The van der Waals surface area contributed by atoms with E-state index in [4.69, 9.17) is 32.7 Å². The lowest BCUT2D eigenvalue weighted by Gasteiger charge is -2.36. The van der Waals surface area contributed by atoms with E-state index in [1.807, 2.05) is 0 Å². The molecule has 1 atom stereocenters. The Morgan fingerprint density at radius 3 is 2.59 bits per heavy atom. The van der Waals surface area contributed by atoms with E-state index < -0.39 is 23.3 Å². The fourth-order valence-corrected chi connectivity index (χ4v) is 2.88. The summed E-state index contributed by atoms with van der Waals surface area (Å²) in [6.45, 7) is 3.10. The van der Waals surface area contributed by atoms with Crippen LogP contribution >= 0.6 is 23.2 Å². The third kappa shape index (κ3) is 2.55. The standard InChI is InChI=1S/C15H14Cl2O5/c1-15(2,14(20)21-3)13-9(6-18)11(19)8-4-7(16)5-10(17)12(8)22-13/h4-6,13,18H,1-3H3. The Balaban J connectivity index is 2.61. The summed E-state index contributed by atoms with van der Waals surface area (Å²) in [6, 6.07) is 2.83. The summed E-state index contributed by atoms with van der Waals surface area (Å²) in [7, 11) is 1.23. The average Bonchev–Trinajstić information content (AvgIpc) is 2.46. The fourth-order valence-electron chi connectivity index (χ4n) is 2.34. The Bertz CT molecular complexity index is 679. The summed E-state index contributed by atoms with van der Waals surface area (Å²) in [5.41, 5.74) is -1.14. The summed E-state index contributed by atoms with van der Waals surface area (Å²) in [5, 5.41) is 9.85. The number of ketones is 1. The van der Waals surface area contributed by atoms with Gasteiger partial charge in [0.05, 0.1) is 29.5 Å². The normalized spacial score (nSPS) is 19.6. The van der Waals surface area contributed by atoms with Crippen molar-refractivity contribution in [2.24, 2.45) is 5.41 Å². The predicted molar refractivity (Wildman–Crippen MR) is 81.7 cm³/mol. The zero-order valence-corrected chi connectivity index (χ0v) is 13.7. The number of hydrogen-bond acceptors (Lipinski definition) is 5. The number of halogens is 2. The monoisotopic (exact) mass is 344 g/mol. The van der Waals surface area contributed by atoms with Crippen LogP contribution in [-0.2, 0) is 9.53 Å². The number of fused-ring (bicyclic) bond motifs is 1. The van der Waals surface area contributed by atoms with Crippen LogP contribution in [0.5, 0.6) is 5.75 Å². The van der Waals surface area contributed by atoms with Crippen LogP contribution in [0, 0.1) is 5.41 Å². The summed E-state index contributed by atoms with van der Waals surface area (Å²) in [6.07, 6.45) is -0.404. The highest BCUT2D eigenvalue weighted by Gasteiger charge is 2.47. The molecule has 0 bridgehead atoms. The molecule has 2 rings (SSSR count). The van der Waals surface area contributed by atoms with Gasteiger partial charge in [-0.2, -0.15) is 0 Å². The van der Waals surface area contributed by atoms with E-state index in [2.05, 4.69) is 0 Å². The van der Waals surface area contributed by atoms with Crippen LogP contribution in [0.25, 0.3) is 0 Å². The molecule has 1 aliphatic rings. The van der Waals surface area contributed by atoms with Crippen molar-refractivity contribution < 1.29 is 24.2 Å². The molecule has 0 amide bonds. The predicted octanol–water partition coefficient (Wildman–Crippen LogP) is 3.58. The smallest absolute Gasteiger partial charge is 0.315 e. The van der Waals surface area contributed by atoms with Gasteiger partial charge in [-0.05, 0) is 26.0 Å². The van der Waals surface area contributed by atoms with E-state index in [0.29, 0.717) is 6.26 Å². The van der Waals surface area contributed by atoms with Gasteiger partial charge in [-0.1, -0.05) is 23.2 Å². The van der Waals surface area contributed by atoms with Crippen LogP contribution in [0.4, 0.5) is 0 Å². The maximum atomic E-state index is 12.5. The Labute approximate surface area is 137 Å². The van der Waals surface area contributed by atoms with Crippen LogP contribution in [0.15, 0.2) is 24.0 Å². The van der Waals surface area contributed by atoms with Crippen LogP contribution < -0.4 is 4.74 Å². The van der Waals surface area contributed by atoms with Crippen molar-refractivity contribution in [3.8, 4) is 5.75 Å². The van der Waals surface area contributed by atoms with Gasteiger partial charge in [0, 0.05) is 5.02 Å². The van der Waals surface area contributed by atoms with E-state index in [1.54, 1.807) is 13.8 Å². The molecule has 22 heavy (non-hydrogen) atoms. The molecule has 1 unspecified atom stereocenters. The first kappa shape index (κ1) is 16.6. The highest BCUT2D eigenvalue weighted by Crippen LogP contribution is 2.43. The van der Waals surface area contributed by atoms with Gasteiger partial charge in [0.15, 0.2) is 5.78 Å². The minimum absolute atomic E-state index is 0.0683. The van der Waals surface area contributed by atoms with Gasteiger partial charge in [-0.25, -0.2) is 0 Å². The number of carbonyl (C=O) groups excluding carboxylic acids is 2. The van der Waals surface area contributed by atoms with Crippen molar-refractivity contribution in [3.63, 3.8) is 0 Å². The molecule has 0 aliphatic carbocycles. The number of carbonyl (C=O) groups is 2. The van der Waals surface area contributed by atoms with E-state index >= 15 is 0 Å². The van der Waals surface area contributed by atoms with E-state index in [-0.39, 0.29) is 26.9 Å². The van der Waals surface area contributed by atoms with Crippen molar-refractivity contribution in [1.29, 1.82) is 0 Å². The molecule has 1 aromatic carbocycles. The molecule has 7 heteroatoms. The second-order valence-corrected chi connectivity index (χ2v) is 6.23. The number of ether oxygens (including phenoxy) is 2. The summed E-state index contributed by atoms with van der Waals surface area (Å²) in [5.74, 6) is -0.961. The first-order valence-corrected chi connectivity index (χ1v) is 7.12. The number of Topliss-reactive ketones (excluding diaryl/α,β-unsaturated/α-hetero) is 1. The van der Waals surface area contributed by atoms with Crippen molar-refractivity contribution in [1.82, 2.24) is 0 Å². The Morgan fingerprint density at radius 2 is 2.05 bits per heavy atom. The third-order valence-corrected chi connectivity index (χ3v) is 4.04. The molecule has 0 spiro atoms. The zero-order chi connectivity index (χ0) is 16.7. The maximum absolute atomic E-state index is 12.5. The molecule has 0 saturated carbocycles. The Hall–Kier alpha value is -1.72. The van der Waals surface area contributed by atoms with Gasteiger partial charge < -0.3 is 14.6 Å². The number of esters is 1. The third-order valence-electron chi connectivity index (χ3n) is 3.54. The van der Waals surface area contributed by atoms with Crippen LogP contribution in [0.2, 0.25) is 10.0 Å². The fraction of sp³-hybridized carbons (Fsp3) is 0.333. The van der Waals surface area contributed by atoms with Crippen molar-refractivity contribution in [3.05, 3.63) is 39.6 Å². The van der Waals surface area contributed by atoms with Crippen molar-refractivity contribution in [2.75, 3.05) is 7.11 Å². The highest BCUT2D eigenvalue weighted by atomic mass is 35.5. The van der Waals surface area contributed by atoms with Crippen LogP contribution in [-0.4, -0.2) is 30.1 Å². The first-order chi connectivity index (χ1) is 10.2. The number of aliphatic hydroxyl groups is 1. The Morgan fingerprint density at radius 1 is 1.41 bits per heavy atom. The number of rotatable bonds is 2. The molecule has 0 aromatic heterocycles.